The Kier molecular flexibility index (Phi) is 9.83. The number of aromatic nitrogens is 4. The minimum atomic E-state index is 0.849. The maximum atomic E-state index is 5.09. The lowest BCUT2D eigenvalue weighted by molar-refractivity contribution is 1.28. The molecule has 4 heteroatoms. The van der Waals surface area contributed by atoms with Gasteiger partial charge in [-0.25, -0.2) is 0 Å². The van der Waals surface area contributed by atoms with Gasteiger partial charge in [-0.3, -0.25) is 19.9 Å². The van der Waals surface area contributed by atoms with E-state index in [0.717, 1.165) is 89.5 Å². The summed E-state index contributed by atoms with van der Waals surface area (Å²) >= 11 is 0. The fourth-order valence-corrected chi connectivity index (χ4v) is 7.33. The van der Waals surface area contributed by atoms with Gasteiger partial charge in [-0.2, -0.15) is 0 Å². The van der Waals surface area contributed by atoms with Crippen molar-refractivity contribution in [1.29, 1.82) is 0 Å². The monoisotopic (exact) mass is 746 g/mol. The van der Waals surface area contributed by atoms with Crippen LogP contribution in [0.5, 0.6) is 0 Å². The normalized spacial score (nSPS) is 11.1. The molecule has 0 bridgehead atoms. The van der Waals surface area contributed by atoms with E-state index >= 15 is 0 Å². The van der Waals surface area contributed by atoms with Crippen molar-refractivity contribution < 1.29 is 0 Å². The first-order chi connectivity index (χ1) is 28.3. The van der Waals surface area contributed by atoms with Gasteiger partial charge in [-0.15, -0.1) is 0 Å². The van der Waals surface area contributed by atoms with E-state index in [1.54, 1.807) is 0 Å². The number of pyridine rings is 4. The summed E-state index contributed by atoms with van der Waals surface area (Å²) < 4.78 is 0. The number of nitrogens with zero attached hydrogens (tertiary/aromatic N) is 4. The highest BCUT2D eigenvalue weighted by molar-refractivity contribution is 5.93. The zero-order chi connectivity index (χ0) is 39.6. The van der Waals surface area contributed by atoms with Crippen LogP contribution in [0.2, 0.25) is 0 Å². The Morgan fingerprint density at radius 3 is 0.586 bits per heavy atom. The van der Waals surface area contributed by atoms with Crippen LogP contribution in [-0.4, -0.2) is 19.9 Å². The molecule has 0 N–H and O–H groups in total. The maximum Gasteiger partial charge on any atom is 0.0709 e. The number of aryl methyl sites for hydroxylation is 4. The molecule has 0 unspecified atom stereocenters. The van der Waals surface area contributed by atoms with Crippen LogP contribution >= 0.6 is 0 Å². The Balaban J connectivity index is 1.21. The average Bonchev–Trinajstić information content (AvgIpc) is 3.27. The summed E-state index contributed by atoms with van der Waals surface area (Å²) in [5.74, 6) is 0. The average molecular weight is 747 g/mol. The maximum absolute atomic E-state index is 5.09. The SMILES string of the molecule is Cc1ccc(-c2ccc(-c3cc(-c4ccc(-c5ccc(C)cc5)cn4)c(-c4ccc(-c5ccc(C)cc5)cn4)cc3-c3ccc(-c4ccc(C)cc4)cn3)nc2)cc1. The summed E-state index contributed by atoms with van der Waals surface area (Å²) in [6.45, 7) is 8.42. The van der Waals surface area contributed by atoms with Crippen LogP contribution in [0, 0.1) is 27.7 Å². The van der Waals surface area contributed by atoms with Crippen LogP contribution in [0.4, 0.5) is 0 Å². The molecule has 4 aromatic heterocycles. The second kappa shape index (κ2) is 15.7. The van der Waals surface area contributed by atoms with Crippen molar-refractivity contribution in [2.24, 2.45) is 0 Å². The van der Waals surface area contributed by atoms with Crippen LogP contribution in [0.15, 0.2) is 183 Å². The van der Waals surface area contributed by atoms with Crippen molar-refractivity contribution in [1.82, 2.24) is 19.9 Å². The molecule has 5 aromatic carbocycles. The van der Waals surface area contributed by atoms with Crippen molar-refractivity contribution in [3.8, 4) is 89.5 Å². The van der Waals surface area contributed by atoms with Crippen LogP contribution < -0.4 is 0 Å². The highest BCUT2D eigenvalue weighted by atomic mass is 14.7. The molecule has 4 heterocycles. The van der Waals surface area contributed by atoms with Gasteiger partial charge < -0.3 is 0 Å². The number of benzene rings is 5. The van der Waals surface area contributed by atoms with Crippen molar-refractivity contribution in [2.75, 3.05) is 0 Å². The van der Waals surface area contributed by atoms with Crippen molar-refractivity contribution in [3.63, 3.8) is 0 Å². The largest absolute Gasteiger partial charge is 0.256 e. The third-order valence-electron chi connectivity index (χ3n) is 10.9. The van der Waals surface area contributed by atoms with Gasteiger partial charge in [0.05, 0.1) is 22.8 Å². The van der Waals surface area contributed by atoms with Crippen LogP contribution in [0.3, 0.4) is 0 Å². The predicted octanol–water partition coefficient (Wildman–Crippen LogP) is 13.8. The molecule has 0 fully saturated rings. The first-order valence-electron chi connectivity index (χ1n) is 19.7. The van der Waals surface area contributed by atoms with Gasteiger partial charge in [0.25, 0.3) is 0 Å². The lowest BCUT2D eigenvalue weighted by atomic mass is 9.90. The first kappa shape index (κ1) is 36.3. The molecule has 278 valence electrons. The summed E-state index contributed by atoms with van der Waals surface area (Å²) in [7, 11) is 0. The van der Waals surface area contributed by atoms with E-state index in [4.69, 9.17) is 19.9 Å². The van der Waals surface area contributed by atoms with Crippen molar-refractivity contribution in [2.45, 2.75) is 27.7 Å². The molecule has 0 aliphatic carbocycles. The topological polar surface area (TPSA) is 51.6 Å². The van der Waals surface area contributed by atoms with Crippen LogP contribution in [0.25, 0.3) is 89.5 Å². The Morgan fingerprint density at radius 1 is 0.224 bits per heavy atom. The molecular formula is C54H42N4. The molecule has 4 nitrogen and oxygen atoms in total. The fraction of sp³-hybridized carbons (Fsp3) is 0.0741. The molecule has 0 saturated heterocycles. The van der Waals surface area contributed by atoms with E-state index in [0.29, 0.717) is 0 Å². The van der Waals surface area contributed by atoms with Gasteiger partial charge in [0.15, 0.2) is 0 Å². The summed E-state index contributed by atoms with van der Waals surface area (Å²) in [5, 5.41) is 0. The van der Waals surface area contributed by atoms with Crippen LogP contribution in [0.1, 0.15) is 22.3 Å². The van der Waals surface area contributed by atoms with E-state index in [9.17, 15) is 0 Å². The van der Waals surface area contributed by atoms with Crippen molar-refractivity contribution in [3.05, 3.63) is 205 Å². The Morgan fingerprint density at radius 2 is 0.414 bits per heavy atom. The molecule has 0 amide bonds. The molecule has 9 aromatic rings. The van der Waals surface area contributed by atoms with Gasteiger partial charge in [0.1, 0.15) is 0 Å². The summed E-state index contributed by atoms with van der Waals surface area (Å²) in [5.41, 5.74) is 20.9. The highest BCUT2D eigenvalue weighted by Gasteiger charge is 2.20. The van der Waals surface area contributed by atoms with Gasteiger partial charge in [0.2, 0.25) is 0 Å². The first-order valence-corrected chi connectivity index (χ1v) is 19.7. The molecule has 0 aliphatic heterocycles. The van der Waals surface area contributed by atoms with Gasteiger partial charge >= 0.3 is 0 Å². The van der Waals surface area contributed by atoms with Gasteiger partial charge in [0, 0.05) is 69.3 Å². The van der Waals surface area contributed by atoms with E-state index in [2.05, 4.69) is 185 Å². The standard InChI is InChI=1S/C54H42N4/c1-35-5-13-39(14-6-35)43-21-25-51(55-31-43)47-29-49(53-27-23-45(33-57-53)41-17-9-37(3)10-18-41)50(54-28-24-46(34-58-54)42-19-11-38(4)12-20-42)30-48(47)52-26-22-44(32-56-52)40-15-7-36(2)8-16-40/h5-34H,1-4H3. The van der Waals surface area contributed by atoms with E-state index < -0.39 is 0 Å². The summed E-state index contributed by atoms with van der Waals surface area (Å²) in [4.78, 5) is 20.4. The second-order valence-electron chi connectivity index (χ2n) is 15.1. The molecule has 58 heavy (non-hydrogen) atoms. The number of rotatable bonds is 8. The zero-order valence-corrected chi connectivity index (χ0v) is 33.1. The molecule has 9 rings (SSSR count). The molecule has 0 saturated carbocycles. The smallest absolute Gasteiger partial charge is 0.0709 e. The fourth-order valence-electron chi connectivity index (χ4n) is 7.33. The minimum Gasteiger partial charge on any atom is -0.256 e. The van der Waals surface area contributed by atoms with E-state index in [-0.39, 0.29) is 0 Å². The second-order valence-corrected chi connectivity index (χ2v) is 15.1. The minimum absolute atomic E-state index is 0.849. The number of hydrogen-bond donors (Lipinski definition) is 0. The quantitative estimate of drug-likeness (QED) is 0.155. The predicted molar refractivity (Wildman–Crippen MR) is 240 cm³/mol. The van der Waals surface area contributed by atoms with E-state index in [1.165, 1.54) is 22.3 Å². The summed E-state index contributed by atoms with van der Waals surface area (Å²) in [6.07, 6.45) is 7.85. The Hall–Kier alpha value is -7.30. The Bertz CT molecular complexity index is 2430. The zero-order valence-electron chi connectivity index (χ0n) is 33.1. The molecular weight excluding hydrogens is 705 g/mol. The Labute approximate surface area is 340 Å². The van der Waals surface area contributed by atoms with E-state index in [1.807, 2.05) is 24.8 Å². The van der Waals surface area contributed by atoms with Crippen molar-refractivity contribution >= 4 is 0 Å². The molecule has 0 atom stereocenters. The highest BCUT2D eigenvalue weighted by Crippen LogP contribution is 2.41. The number of hydrogen-bond acceptors (Lipinski definition) is 4. The molecule has 0 aliphatic rings. The molecule has 0 spiro atoms. The third kappa shape index (κ3) is 7.61. The summed E-state index contributed by atoms with van der Waals surface area (Å²) in [6, 6.07) is 55.7. The lowest BCUT2D eigenvalue weighted by Gasteiger charge is -2.17. The lowest BCUT2D eigenvalue weighted by Crippen LogP contribution is -1.97. The van der Waals surface area contributed by atoms with Gasteiger partial charge in [-0.05, 0) is 86.3 Å². The third-order valence-corrected chi connectivity index (χ3v) is 10.9. The molecule has 0 radical (unpaired) electrons. The van der Waals surface area contributed by atoms with Gasteiger partial charge in [-0.1, -0.05) is 144 Å². The van der Waals surface area contributed by atoms with Crippen LogP contribution in [-0.2, 0) is 0 Å².